The van der Waals surface area contributed by atoms with Crippen LogP contribution in [0.5, 0.6) is 0 Å². The molecule has 3 heterocycles. The fraction of sp³-hybridized carbons (Fsp3) is 0.133. The molecule has 3 rings (SSSR count). The number of thiazole rings is 1. The van der Waals surface area contributed by atoms with Crippen LogP contribution in [0.2, 0.25) is 0 Å². The predicted octanol–water partition coefficient (Wildman–Crippen LogP) is 3.32. The number of amides is 2. The van der Waals surface area contributed by atoms with E-state index in [1.807, 2.05) is 12.3 Å². The second-order valence-electron chi connectivity index (χ2n) is 4.85. The second-order valence-corrected chi connectivity index (χ2v) is 6.39. The van der Waals surface area contributed by atoms with Crippen LogP contribution in [0, 0.1) is 6.92 Å². The first kappa shape index (κ1) is 16.3. The Bertz CT molecular complexity index is 910. The summed E-state index contributed by atoms with van der Waals surface area (Å²) in [5, 5.41) is 5.53. The number of thiol groups is 1. The van der Waals surface area contributed by atoms with Crippen molar-refractivity contribution in [2.75, 3.05) is 11.9 Å². The van der Waals surface area contributed by atoms with E-state index in [1.165, 1.54) is 4.31 Å². The summed E-state index contributed by atoms with van der Waals surface area (Å²) in [5.41, 5.74) is 2.48. The van der Waals surface area contributed by atoms with Gasteiger partial charge in [0.05, 0.1) is 17.7 Å². The standard InChI is InChI=1S/C15H14N6OS2/c1-3-6-21(23)15(22)20-13-5-4-10-14(19-13)18-11(7-16-10)12-8-24-9(2)17-12/h3-5,7-8,23H,1,6H2,2H3,(H,18,19,20,22). The summed E-state index contributed by atoms with van der Waals surface area (Å²) in [6, 6.07) is 3.01. The number of rotatable bonds is 4. The van der Waals surface area contributed by atoms with Crippen molar-refractivity contribution < 1.29 is 4.79 Å². The summed E-state index contributed by atoms with van der Waals surface area (Å²) >= 11 is 5.61. The molecule has 3 aromatic rings. The van der Waals surface area contributed by atoms with E-state index in [4.69, 9.17) is 0 Å². The first-order valence-corrected chi connectivity index (χ1v) is 8.29. The van der Waals surface area contributed by atoms with Crippen molar-refractivity contribution in [3.8, 4) is 11.4 Å². The highest BCUT2D eigenvalue weighted by Gasteiger charge is 2.11. The Labute approximate surface area is 148 Å². The van der Waals surface area contributed by atoms with Crippen LogP contribution in [-0.2, 0) is 0 Å². The lowest BCUT2D eigenvalue weighted by Gasteiger charge is -2.13. The first-order chi connectivity index (χ1) is 11.6. The lowest BCUT2D eigenvalue weighted by molar-refractivity contribution is 0.241. The van der Waals surface area contributed by atoms with Crippen LogP contribution in [0.4, 0.5) is 10.6 Å². The molecule has 0 aliphatic carbocycles. The number of nitrogens with zero attached hydrogens (tertiary/aromatic N) is 5. The summed E-state index contributed by atoms with van der Waals surface area (Å²) in [6.45, 7) is 5.81. The van der Waals surface area contributed by atoms with E-state index in [0.717, 1.165) is 10.7 Å². The zero-order valence-corrected chi connectivity index (χ0v) is 14.5. The number of fused-ring (bicyclic) bond motifs is 1. The number of hydrogen-bond acceptors (Lipinski definition) is 7. The lowest BCUT2D eigenvalue weighted by atomic mass is 10.3. The third-order valence-corrected chi connectivity index (χ3v) is 4.18. The number of carbonyl (C=O) groups is 1. The Morgan fingerprint density at radius 2 is 2.21 bits per heavy atom. The Morgan fingerprint density at radius 1 is 1.38 bits per heavy atom. The van der Waals surface area contributed by atoms with Gasteiger partial charge in [0.1, 0.15) is 22.7 Å². The zero-order chi connectivity index (χ0) is 17.1. The van der Waals surface area contributed by atoms with Crippen molar-refractivity contribution in [1.29, 1.82) is 0 Å². The Balaban J connectivity index is 1.89. The Kier molecular flexibility index (Phi) is 4.72. The molecule has 0 saturated carbocycles. The largest absolute Gasteiger partial charge is 0.333 e. The molecule has 0 saturated heterocycles. The van der Waals surface area contributed by atoms with Crippen LogP contribution in [-0.4, -0.2) is 36.8 Å². The third kappa shape index (κ3) is 3.52. The van der Waals surface area contributed by atoms with Crippen molar-refractivity contribution in [2.45, 2.75) is 6.92 Å². The molecule has 1 N–H and O–H groups in total. The summed E-state index contributed by atoms with van der Waals surface area (Å²) in [6.07, 6.45) is 3.24. The normalized spacial score (nSPS) is 10.6. The zero-order valence-electron chi connectivity index (χ0n) is 12.8. The first-order valence-electron chi connectivity index (χ1n) is 7.01. The highest BCUT2D eigenvalue weighted by molar-refractivity contribution is 7.78. The van der Waals surface area contributed by atoms with Gasteiger partial charge in [-0.15, -0.1) is 17.9 Å². The monoisotopic (exact) mass is 358 g/mol. The quantitative estimate of drug-likeness (QED) is 0.552. The van der Waals surface area contributed by atoms with Crippen molar-refractivity contribution in [1.82, 2.24) is 24.2 Å². The van der Waals surface area contributed by atoms with Crippen LogP contribution < -0.4 is 5.32 Å². The maximum absolute atomic E-state index is 11.9. The minimum absolute atomic E-state index is 0.315. The molecule has 0 spiro atoms. The molecular formula is C15H14N6OS2. The molecule has 2 amide bonds. The van der Waals surface area contributed by atoms with E-state index in [1.54, 1.807) is 35.7 Å². The number of aromatic nitrogens is 4. The number of aryl methyl sites for hydroxylation is 1. The van der Waals surface area contributed by atoms with Crippen molar-refractivity contribution >= 4 is 47.2 Å². The van der Waals surface area contributed by atoms with Gasteiger partial charge >= 0.3 is 6.03 Å². The Hall–Kier alpha value is -2.52. The van der Waals surface area contributed by atoms with Crippen molar-refractivity contribution in [3.05, 3.63) is 41.4 Å². The van der Waals surface area contributed by atoms with Gasteiger partial charge in [0.2, 0.25) is 0 Å². The van der Waals surface area contributed by atoms with Gasteiger partial charge in [-0.2, -0.15) is 0 Å². The molecule has 3 aromatic heterocycles. The van der Waals surface area contributed by atoms with Gasteiger partial charge in [-0.1, -0.05) is 18.9 Å². The van der Waals surface area contributed by atoms with Gasteiger partial charge in [-0.25, -0.2) is 19.7 Å². The van der Waals surface area contributed by atoms with E-state index in [-0.39, 0.29) is 0 Å². The number of hydrogen-bond donors (Lipinski definition) is 2. The summed E-state index contributed by atoms with van der Waals surface area (Å²) < 4.78 is 1.19. The fourth-order valence-electron chi connectivity index (χ4n) is 1.95. The number of urea groups is 1. The van der Waals surface area contributed by atoms with Crippen molar-refractivity contribution in [2.24, 2.45) is 0 Å². The van der Waals surface area contributed by atoms with Crippen LogP contribution in [0.15, 0.2) is 36.4 Å². The molecule has 0 radical (unpaired) electrons. The maximum atomic E-state index is 11.9. The fourth-order valence-corrected chi connectivity index (χ4v) is 2.72. The lowest BCUT2D eigenvalue weighted by Crippen LogP contribution is -2.27. The highest BCUT2D eigenvalue weighted by Crippen LogP contribution is 2.21. The number of carbonyl (C=O) groups excluding carboxylic acids is 1. The molecule has 0 fully saturated rings. The van der Waals surface area contributed by atoms with Crippen LogP contribution in [0.1, 0.15) is 5.01 Å². The van der Waals surface area contributed by atoms with Crippen molar-refractivity contribution in [3.63, 3.8) is 0 Å². The molecule has 0 aliphatic heterocycles. The maximum Gasteiger partial charge on any atom is 0.333 e. The summed E-state index contributed by atoms with van der Waals surface area (Å²) in [7, 11) is 0. The molecule has 24 heavy (non-hydrogen) atoms. The number of pyridine rings is 1. The Morgan fingerprint density at radius 3 is 2.92 bits per heavy atom. The number of anilines is 1. The van der Waals surface area contributed by atoms with Gasteiger partial charge in [0.25, 0.3) is 0 Å². The second kappa shape index (κ2) is 6.93. The predicted molar refractivity (Wildman–Crippen MR) is 98.1 cm³/mol. The SMILES string of the molecule is C=CCN(S)C(=O)Nc1ccc2ncc(-c3csc(C)n3)nc2n1. The third-order valence-electron chi connectivity index (χ3n) is 3.06. The number of nitrogens with one attached hydrogen (secondary N) is 1. The average Bonchev–Trinajstić information content (AvgIpc) is 3.01. The van der Waals surface area contributed by atoms with Crippen LogP contribution >= 0.6 is 24.2 Å². The molecule has 0 aliphatic rings. The molecule has 122 valence electrons. The smallest absolute Gasteiger partial charge is 0.291 e. The van der Waals surface area contributed by atoms with Crippen LogP contribution in [0.3, 0.4) is 0 Å². The molecule has 0 aromatic carbocycles. The van der Waals surface area contributed by atoms with E-state index in [9.17, 15) is 4.79 Å². The molecule has 0 bridgehead atoms. The van der Waals surface area contributed by atoms with E-state index >= 15 is 0 Å². The van der Waals surface area contributed by atoms with E-state index < -0.39 is 6.03 Å². The molecule has 0 unspecified atom stereocenters. The topological polar surface area (TPSA) is 83.9 Å². The van der Waals surface area contributed by atoms with Gasteiger partial charge in [0, 0.05) is 5.38 Å². The average molecular weight is 358 g/mol. The summed E-state index contributed by atoms with van der Waals surface area (Å²) in [5.74, 6) is 0.372. The molecule has 7 nitrogen and oxygen atoms in total. The van der Waals surface area contributed by atoms with Gasteiger partial charge in [-0.3, -0.25) is 14.6 Å². The highest BCUT2D eigenvalue weighted by atomic mass is 32.1. The molecule has 0 atom stereocenters. The minimum atomic E-state index is -0.399. The minimum Gasteiger partial charge on any atom is -0.291 e. The molecular weight excluding hydrogens is 344 g/mol. The van der Waals surface area contributed by atoms with Gasteiger partial charge in [-0.05, 0) is 19.1 Å². The summed E-state index contributed by atoms with van der Waals surface area (Å²) in [4.78, 5) is 29.5. The van der Waals surface area contributed by atoms with Gasteiger partial charge < -0.3 is 0 Å². The van der Waals surface area contributed by atoms with E-state index in [0.29, 0.717) is 29.2 Å². The van der Waals surface area contributed by atoms with Crippen LogP contribution in [0.25, 0.3) is 22.6 Å². The van der Waals surface area contributed by atoms with Gasteiger partial charge in [0.15, 0.2) is 5.65 Å². The molecule has 9 heteroatoms. The van der Waals surface area contributed by atoms with E-state index in [2.05, 4.69) is 44.6 Å².